The molecule has 0 saturated heterocycles. The quantitative estimate of drug-likeness (QED) is 0.339. The molecule has 1 aliphatic carbocycles. The number of aromatic nitrogens is 2. The van der Waals surface area contributed by atoms with Crippen molar-refractivity contribution >= 4 is 17.5 Å². The lowest BCUT2D eigenvalue weighted by Crippen LogP contribution is -2.43. The smallest absolute Gasteiger partial charge is 0.255 e. The van der Waals surface area contributed by atoms with Crippen LogP contribution in [0.4, 0.5) is 14.7 Å². The average Bonchev–Trinajstić information content (AvgIpc) is 2.82. The summed E-state index contributed by atoms with van der Waals surface area (Å²) < 4.78 is 37.9. The third kappa shape index (κ3) is 6.25. The summed E-state index contributed by atoms with van der Waals surface area (Å²) in [5.74, 6) is -1.72. The number of anilines is 1. The maximum atomic E-state index is 13.2. The number of hydrogen-bond acceptors (Lipinski definition) is 8. The minimum atomic E-state index is -2.73. The van der Waals surface area contributed by atoms with Crippen molar-refractivity contribution in [1.82, 2.24) is 15.1 Å². The van der Waals surface area contributed by atoms with Crippen LogP contribution in [0.15, 0.2) is 48.7 Å². The fraction of sp³-hybridized carbons (Fsp3) is 0.346. The number of hydroxylamine groups is 1. The Labute approximate surface area is 218 Å². The molecule has 0 spiro atoms. The van der Waals surface area contributed by atoms with Gasteiger partial charge in [0.05, 0.1) is 16.3 Å². The predicted molar refractivity (Wildman–Crippen MR) is 133 cm³/mol. The van der Waals surface area contributed by atoms with Crippen molar-refractivity contribution in [2.24, 2.45) is 0 Å². The van der Waals surface area contributed by atoms with Gasteiger partial charge >= 0.3 is 0 Å². The Kier molecular flexibility index (Phi) is 7.50. The van der Waals surface area contributed by atoms with E-state index in [0.717, 1.165) is 16.3 Å². The molecule has 0 atom stereocenters. The summed E-state index contributed by atoms with van der Waals surface area (Å²) in [6.45, 7) is 4.19. The average molecular weight is 530 g/mol. The van der Waals surface area contributed by atoms with Gasteiger partial charge in [-0.2, -0.15) is 5.26 Å². The van der Waals surface area contributed by atoms with Gasteiger partial charge in [-0.25, -0.2) is 18.7 Å². The first-order chi connectivity index (χ1) is 17.5. The lowest BCUT2D eigenvalue weighted by Gasteiger charge is -2.35. The lowest BCUT2D eigenvalue weighted by atomic mass is 9.77. The first-order valence-electron chi connectivity index (χ1n) is 11.5. The zero-order valence-electron chi connectivity index (χ0n) is 20.5. The highest BCUT2D eigenvalue weighted by molar-refractivity contribution is 6.32. The molecule has 1 aromatic heterocycles. The molecule has 1 aliphatic rings. The van der Waals surface area contributed by atoms with Crippen LogP contribution in [-0.2, 0) is 12.0 Å². The van der Waals surface area contributed by atoms with Crippen LogP contribution in [0, 0.1) is 11.3 Å². The van der Waals surface area contributed by atoms with E-state index in [0.29, 0.717) is 11.4 Å². The molecule has 0 bridgehead atoms. The highest BCUT2D eigenvalue weighted by Gasteiger charge is 2.47. The molecule has 0 amide bonds. The van der Waals surface area contributed by atoms with E-state index in [9.17, 15) is 19.2 Å². The van der Waals surface area contributed by atoms with Gasteiger partial charge in [-0.05, 0) is 41.5 Å². The van der Waals surface area contributed by atoms with Crippen LogP contribution in [0.5, 0.6) is 11.5 Å². The standard InChI is InChI=1S/C26H26ClF2N5O3/c1-25(2,18-10-16(14-30)23(22(27)11-18)37-21-12-26(28,29)13-21)17-4-6-20(7-5-17)36-15-19-8-9-31-24(32-19)33-34(3)35/h4-11,21,35H,12-13,15H2,1-3H3,(H,31,32,33). The molecule has 1 fully saturated rings. The second kappa shape index (κ2) is 10.5. The molecule has 3 aromatic rings. The topological polar surface area (TPSA) is 104 Å². The minimum absolute atomic E-state index is 0.140. The zero-order valence-corrected chi connectivity index (χ0v) is 21.3. The molecule has 1 saturated carbocycles. The number of alkyl halides is 2. The first-order valence-corrected chi connectivity index (χ1v) is 11.9. The third-order valence-corrected chi connectivity index (χ3v) is 6.44. The molecular weight excluding hydrogens is 504 g/mol. The number of benzene rings is 2. The Bertz CT molecular complexity index is 1300. The Morgan fingerprint density at radius 2 is 1.92 bits per heavy atom. The maximum absolute atomic E-state index is 13.2. The third-order valence-electron chi connectivity index (χ3n) is 6.16. The second-order valence-corrected chi connectivity index (χ2v) is 9.80. The number of nitrogens with one attached hydrogen (secondary N) is 1. The molecular formula is C26H26ClF2N5O3. The van der Waals surface area contributed by atoms with E-state index in [1.165, 1.54) is 7.05 Å². The predicted octanol–water partition coefficient (Wildman–Crippen LogP) is 5.73. The zero-order chi connectivity index (χ0) is 26.8. The molecule has 0 radical (unpaired) electrons. The number of nitrogens with zero attached hydrogens (tertiary/aromatic N) is 4. The van der Waals surface area contributed by atoms with Gasteiger partial charge in [-0.3, -0.25) is 10.6 Å². The van der Waals surface area contributed by atoms with Gasteiger partial charge in [0.25, 0.3) is 5.92 Å². The Hall–Kier alpha value is -3.52. The molecule has 2 aromatic carbocycles. The summed E-state index contributed by atoms with van der Waals surface area (Å²) >= 11 is 6.45. The summed E-state index contributed by atoms with van der Waals surface area (Å²) in [4.78, 5) is 8.26. The van der Waals surface area contributed by atoms with E-state index in [2.05, 4.69) is 21.5 Å². The van der Waals surface area contributed by atoms with Gasteiger partial charge in [0.2, 0.25) is 5.95 Å². The van der Waals surface area contributed by atoms with Crippen molar-refractivity contribution in [3.05, 3.63) is 76.1 Å². The van der Waals surface area contributed by atoms with E-state index >= 15 is 0 Å². The monoisotopic (exact) mass is 529 g/mol. The Balaban J connectivity index is 1.46. The fourth-order valence-corrected chi connectivity index (χ4v) is 4.24. The van der Waals surface area contributed by atoms with E-state index in [4.69, 9.17) is 21.1 Å². The van der Waals surface area contributed by atoms with Crippen LogP contribution < -0.4 is 14.9 Å². The number of nitriles is 1. The summed E-state index contributed by atoms with van der Waals surface area (Å²) in [7, 11) is 1.41. The summed E-state index contributed by atoms with van der Waals surface area (Å²) in [6, 6.07) is 14.7. The fourth-order valence-electron chi connectivity index (χ4n) is 3.98. The number of ether oxygens (including phenoxy) is 2. The molecule has 2 N–H and O–H groups in total. The minimum Gasteiger partial charge on any atom is -0.487 e. The van der Waals surface area contributed by atoms with Gasteiger partial charge in [0.1, 0.15) is 24.5 Å². The summed E-state index contributed by atoms with van der Waals surface area (Å²) in [6.07, 6.45) is 0.130. The van der Waals surface area contributed by atoms with Crippen molar-refractivity contribution in [3.63, 3.8) is 0 Å². The lowest BCUT2D eigenvalue weighted by molar-refractivity contribution is -0.134. The molecule has 0 aliphatic heterocycles. The molecule has 1 heterocycles. The summed E-state index contributed by atoms with van der Waals surface area (Å²) in [5, 5.41) is 19.9. The van der Waals surface area contributed by atoms with E-state index in [1.54, 1.807) is 24.4 Å². The van der Waals surface area contributed by atoms with Crippen LogP contribution >= 0.6 is 11.6 Å². The highest BCUT2D eigenvalue weighted by atomic mass is 35.5. The van der Waals surface area contributed by atoms with E-state index < -0.39 is 17.4 Å². The molecule has 0 unspecified atom stereocenters. The molecule has 8 nitrogen and oxygen atoms in total. The normalized spacial score (nSPS) is 15.1. The van der Waals surface area contributed by atoms with Crippen molar-refractivity contribution in [2.75, 3.05) is 12.5 Å². The van der Waals surface area contributed by atoms with Gasteiger partial charge < -0.3 is 9.47 Å². The number of rotatable bonds is 9. The SMILES string of the molecule is CN(O)Nc1nccc(COc2ccc(C(C)(C)c3cc(Cl)c(OC4CC(F)(F)C4)c(C#N)c3)cc2)n1. The van der Waals surface area contributed by atoms with Crippen molar-refractivity contribution in [2.45, 2.75) is 50.7 Å². The maximum Gasteiger partial charge on any atom is 0.255 e. The number of hydrogen-bond donors (Lipinski definition) is 2. The Morgan fingerprint density at radius 1 is 1.22 bits per heavy atom. The van der Waals surface area contributed by atoms with Gasteiger partial charge in [-0.15, -0.1) is 5.17 Å². The van der Waals surface area contributed by atoms with Crippen LogP contribution in [0.1, 0.15) is 49.1 Å². The molecule has 4 rings (SSSR count). The Morgan fingerprint density at radius 3 is 2.54 bits per heavy atom. The van der Waals surface area contributed by atoms with Crippen molar-refractivity contribution in [3.8, 4) is 17.6 Å². The van der Waals surface area contributed by atoms with Crippen LogP contribution in [0.3, 0.4) is 0 Å². The van der Waals surface area contributed by atoms with E-state index in [-0.39, 0.29) is 41.7 Å². The summed E-state index contributed by atoms with van der Waals surface area (Å²) in [5.41, 5.74) is 4.59. The van der Waals surface area contributed by atoms with E-state index in [1.807, 2.05) is 38.1 Å². The molecule has 37 heavy (non-hydrogen) atoms. The van der Waals surface area contributed by atoms with Gasteiger partial charge in [-0.1, -0.05) is 37.6 Å². The van der Waals surface area contributed by atoms with Gasteiger partial charge in [0, 0.05) is 31.5 Å². The van der Waals surface area contributed by atoms with Crippen molar-refractivity contribution in [1.29, 1.82) is 5.26 Å². The van der Waals surface area contributed by atoms with Crippen LogP contribution in [0.25, 0.3) is 0 Å². The highest BCUT2D eigenvalue weighted by Crippen LogP contribution is 2.43. The van der Waals surface area contributed by atoms with Gasteiger partial charge in [0.15, 0.2) is 5.75 Å². The largest absolute Gasteiger partial charge is 0.487 e. The van der Waals surface area contributed by atoms with Crippen LogP contribution in [0.2, 0.25) is 5.02 Å². The molecule has 11 heteroatoms. The number of hydrazine groups is 1. The van der Waals surface area contributed by atoms with Crippen LogP contribution in [-0.4, -0.2) is 39.4 Å². The van der Waals surface area contributed by atoms with Crippen molar-refractivity contribution < 1.29 is 23.5 Å². The molecule has 194 valence electrons. The number of halogens is 3. The first kappa shape index (κ1) is 26.5. The second-order valence-electron chi connectivity index (χ2n) is 9.40.